The van der Waals surface area contributed by atoms with Gasteiger partial charge in [-0.2, -0.15) is 4.98 Å². The molecule has 18 heavy (non-hydrogen) atoms. The molecule has 0 spiro atoms. The molecule has 1 atom stereocenters. The predicted molar refractivity (Wildman–Crippen MR) is 67.1 cm³/mol. The van der Waals surface area contributed by atoms with Crippen LogP contribution < -0.4 is 5.73 Å². The molecule has 0 fully saturated rings. The van der Waals surface area contributed by atoms with Gasteiger partial charge in [0.1, 0.15) is 0 Å². The van der Waals surface area contributed by atoms with Gasteiger partial charge in [-0.15, -0.1) is 0 Å². The third-order valence-corrected chi connectivity index (χ3v) is 3.07. The lowest BCUT2D eigenvalue weighted by molar-refractivity contribution is 0.407. The third kappa shape index (κ3) is 1.73. The van der Waals surface area contributed by atoms with E-state index in [4.69, 9.17) is 21.9 Å². The first-order valence-corrected chi connectivity index (χ1v) is 5.70. The van der Waals surface area contributed by atoms with E-state index in [1.807, 2.05) is 18.2 Å². The maximum Gasteiger partial charge on any atom is 0.213 e. The number of nitrogens with zero attached hydrogens (tertiary/aromatic N) is 3. The molecule has 1 aromatic carbocycles. The number of hydrogen-bond donors (Lipinski definition) is 1. The Labute approximate surface area is 108 Å². The van der Waals surface area contributed by atoms with E-state index in [2.05, 4.69) is 15.1 Å². The second kappa shape index (κ2) is 4.36. The van der Waals surface area contributed by atoms with E-state index in [9.17, 15) is 0 Å². The van der Waals surface area contributed by atoms with E-state index in [0.717, 1.165) is 16.5 Å². The van der Waals surface area contributed by atoms with Crippen LogP contribution in [0.3, 0.4) is 0 Å². The molecule has 3 aromatic rings. The largest absolute Gasteiger partial charge is 0.343 e. The number of hydrogen-bond acceptors (Lipinski definition) is 5. The number of fused-ring (bicyclic) bond motifs is 1. The van der Waals surface area contributed by atoms with Gasteiger partial charge in [0.2, 0.25) is 6.39 Å². The standard InChI is InChI=1S/C12H9ClN4O/c13-9-4-3-8(10(14)12-16-6-18-17-12)11-7(9)2-1-5-15-11/h1-6,10H,14H2. The summed E-state index contributed by atoms with van der Waals surface area (Å²) in [4.78, 5) is 8.28. The molecule has 0 aliphatic heterocycles. The van der Waals surface area contributed by atoms with Crippen molar-refractivity contribution in [3.05, 3.63) is 53.3 Å². The van der Waals surface area contributed by atoms with Crippen molar-refractivity contribution < 1.29 is 4.52 Å². The molecule has 2 heterocycles. The maximum absolute atomic E-state index is 6.13. The van der Waals surface area contributed by atoms with Gasteiger partial charge in [-0.25, -0.2) is 0 Å². The van der Waals surface area contributed by atoms with Crippen LogP contribution in [0.25, 0.3) is 10.9 Å². The van der Waals surface area contributed by atoms with Crippen molar-refractivity contribution in [2.45, 2.75) is 6.04 Å². The molecule has 0 saturated carbocycles. The Morgan fingerprint density at radius 2 is 2.11 bits per heavy atom. The zero-order chi connectivity index (χ0) is 12.5. The molecule has 6 heteroatoms. The lowest BCUT2D eigenvalue weighted by Gasteiger charge is -2.11. The maximum atomic E-state index is 6.13. The van der Waals surface area contributed by atoms with Crippen LogP contribution in [0.5, 0.6) is 0 Å². The molecule has 90 valence electrons. The van der Waals surface area contributed by atoms with Crippen molar-refractivity contribution in [3.63, 3.8) is 0 Å². The summed E-state index contributed by atoms with van der Waals surface area (Å²) in [7, 11) is 0. The molecule has 0 radical (unpaired) electrons. The first-order valence-electron chi connectivity index (χ1n) is 5.32. The van der Waals surface area contributed by atoms with Gasteiger partial charge < -0.3 is 10.3 Å². The van der Waals surface area contributed by atoms with Gasteiger partial charge in [0.25, 0.3) is 0 Å². The van der Waals surface area contributed by atoms with Gasteiger partial charge in [0.15, 0.2) is 5.82 Å². The first-order chi connectivity index (χ1) is 8.77. The van der Waals surface area contributed by atoms with Gasteiger partial charge in [-0.1, -0.05) is 22.8 Å². The van der Waals surface area contributed by atoms with Gasteiger partial charge in [-0.3, -0.25) is 4.98 Å². The van der Waals surface area contributed by atoms with Crippen LogP contribution >= 0.6 is 11.6 Å². The van der Waals surface area contributed by atoms with E-state index in [1.54, 1.807) is 12.3 Å². The number of benzene rings is 1. The molecule has 3 rings (SSSR count). The SMILES string of the molecule is NC(c1ncon1)c1ccc(Cl)c2cccnc12. The molecular formula is C12H9ClN4O. The molecule has 0 aliphatic carbocycles. The second-order valence-corrected chi connectivity index (χ2v) is 4.21. The minimum Gasteiger partial charge on any atom is -0.343 e. The van der Waals surface area contributed by atoms with E-state index >= 15 is 0 Å². The van der Waals surface area contributed by atoms with Crippen LogP contribution in [0.1, 0.15) is 17.4 Å². The number of pyridine rings is 1. The number of halogens is 1. The van der Waals surface area contributed by atoms with Crippen LogP contribution in [0.15, 0.2) is 41.4 Å². The Hall–Kier alpha value is -1.98. The summed E-state index contributed by atoms with van der Waals surface area (Å²) in [6, 6.07) is 6.87. The summed E-state index contributed by atoms with van der Waals surface area (Å²) in [5.74, 6) is 0.421. The van der Waals surface area contributed by atoms with Crippen LogP contribution in [-0.4, -0.2) is 15.1 Å². The van der Waals surface area contributed by atoms with Crippen LogP contribution in [0, 0.1) is 0 Å². The van der Waals surface area contributed by atoms with E-state index in [1.165, 1.54) is 6.39 Å². The summed E-state index contributed by atoms with van der Waals surface area (Å²) >= 11 is 6.13. The molecule has 0 aliphatic rings. The predicted octanol–water partition coefficient (Wildman–Crippen LogP) is 2.32. The van der Waals surface area contributed by atoms with Gasteiger partial charge in [0, 0.05) is 22.2 Å². The monoisotopic (exact) mass is 260 g/mol. The molecule has 0 amide bonds. The summed E-state index contributed by atoms with van der Waals surface area (Å²) in [6.45, 7) is 0. The fourth-order valence-electron chi connectivity index (χ4n) is 1.87. The quantitative estimate of drug-likeness (QED) is 0.765. The summed E-state index contributed by atoms with van der Waals surface area (Å²) < 4.78 is 4.71. The third-order valence-electron chi connectivity index (χ3n) is 2.74. The smallest absolute Gasteiger partial charge is 0.213 e. The molecule has 1 unspecified atom stereocenters. The normalized spacial score (nSPS) is 12.8. The average Bonchev–Trinajstić information content (AvgIpc) is 2.93. The second-order valence-electron chi connectivity index (χ2n) is 3.80. The zero-order valence-electron chi connectivity index (χ0n) is 9.25. The Morgan fingerprint density at radius 3 is 2.89 bits per heavy atom. The van der Waals surface area contributed by atoms with Gasteiger partial charge in [0.05, 0.1) is 11.6 Å². The summed E-state index contributed by atoms with van der Waals surface area (Å²) in [6.07, 6.45) is 2.95. The van der Waals surface area contributed by atoms with Crippen LogP contribution in [0.2, 0.25) is 5.02 Å². The lowest BCUT2D eigenvalue weighted by atomic mass is 10.0. The average molecular weight is 261 g/mol. The number of rotatable bonds is 2. The van der Waals surface area contributed by atoms with Gasteiger partial charge in [-0.05, 0) is 18.2 Å². The van der Waals surface area contributed by atoms with E-state index in [0.29, 0.717) is 10.8 Å². The number of aromatic nitrogens is 3. The minimum absolute atomic E-state index is 0.421. The Balaban J connectivity index is 2.21. The van der Waals surface area contributed by atoms with Crippen molar-refractivity contribution in [2.24, 2.45) is 5.73 Å². The van der Waals surface area contributed by atoms with Crippen LogP contribution in [-0.2, 0) is 0 Å². The molecule has 2 N–H and O–H groups in total. The molecular weight excluding hydrogens is 252 g/mol. The fraction of sp³-hybridized carbons (Fsp3) is 0.0833. The number of nitrogens with two attached hydrogens (primary N) is 1. The minimum atomic E-state index is -0.488. The van der Waals surface area contributed by atoms with Crippen molar-refractivity contribution >= 4 is 22.5 Å². The highest BCUT2D eigenvalue weighted by Gasteiger charge is 2.17. The van der Waals surface area contributed by atoms with Crippen LogP contribution in [0.4, 0.5) is 0 Å². The lowest BCUT2D eigenvalue weighted by Crippen LogP contribution is -2.14. The Bertz CT molecular complexity index is 684. The highest BCUT2D eigenvalue weighted by atomic mass is 35.5. The summed E-state index contributed by atoms with van der Waals surface area (Å²) in [5.41, 5.74) is 7.68. The summed E-state index contributed by atoms with van der Waals surface area (Å²) in [5, 5.41) is 5.25. The van der Waals surface area contributed by atoms with Crippen molar-refractivity contribution in [3.8, 4) is 0 Å². The fourth-order valence-corrected chi connectivity index (χ4v) is 2.08. The molecule has 5 nitrogen and oxygen atoms in total. The first kappa shape index (κ1) is 11.1. The van der Waals surface area contributed by atoms with Crippen molar-refractivity contribution in [1.82, 2.24) is 15.1 Å². The molecule has 0 saturated heterocycles. The zero-order valence-corrected chi connectivity index (χ0v) is 10.0. The topological polar surface area (TPSA) is 77.8 Å². The molecule has 0 bridgehead atoms. The highest BCUT2D eigenvalue weighted by molar-refractivity contribution is 6.35. The Kier molecular flexibility index (Phi) is 2.70. The van der Waals surface area contributed by atoms with Crippen molar-refractivity contribution in [1.29, 1.82) is 0 Å². The molecule has 2 aromatic heterocycles. The van der Waals surface area contributed by atoms with E-state index in [-0.39, 0.29) is 0 Å². The highest BCUT2D eigenvalue weighted by Crippen LogP contribution is 2.29. The Morgan fingerprint density at radius 1 is 1.22 bits per heavy atom. The van der Waals surface area contributed by atoms with E-state index < -0.39 is 6.04 Å². The van der Waals surface area contributed by atoms with Crippen molar-refractivity contribution in [2.75, 3.05) is 0 Å². The van der Waals surface area contributed by atoms with Gasteiger partial charge >= 0.3 is 0 Å².